The topological polar surface area (TPSA) is 50.3 Å². The maximum atomic E-state index is 5.90. The van der Waals surface area contributed by atoms with E-state index in [4.69, 9.17) is 14.7 Å². The van der Waals surface area contributed by atoms with Gasteiger partial charge < -0.3 is 10.1 Å². The van der Waals surface area contributed by atoms with Gasteiger partial charge >= 0.3 is 0 Å². The molecule has 1 aromatic rings. The fourth-order valence-electron chi connectivity index (χ4n) is 2.98. The number of hydrogen-bond donors (Lipinski definition) is 1. The molecule has 5 heteroatoms. The third kappa shape index (κ3) is 2.57. The molecule has 3 heterocycles. The minimum atomic E-state index is 0.0205. The summed E-state index contributed by atoms with van der Waals surface area (Å²) in [6, 6.07) is 0. The summed E-state index contributed by atoms with van der Waals surface area (Å²) >= 11 is 0. The Morgan fingerprint density at radius 1 is 1.35 bits per heavy atom. The van der Waals surface area contributed by atoms with Crippen LogP contribution in [-0.2, 0) is 17.8 Å². The second-order valence-electron chi connectivity index (χ2n) is 5.90. The van der Waals surface area contributed by atoms with Gasteiger partial charge in [0.15, 0.2) is 5.82 Å². The van der Waals surface area contributed by atoms with E-state index in [2.05, 4.69) is 31.0 Å². The van der Waals surface area contributed by atoms with E-state index in [0.717, 1.165) is 50.8 Å². The van der Waals surface area contributed by atoms with Crippen LogP contribution in [0, 0.1) is 0 Å². The largest absolute Gasteiger partial charge is 0.368 e. The lowest BCUT2D eigenvalue weighted by Gasteiger charge is -2.31. The predicted octanol–water partition coefficient (Wildman–Crippen LogP) is 1.60. The number of hydrogen-bond acceptors (Lipinski definition) is 5. The fourth-order valence-corrected chi connectivity index (χ4v) is 2.98. The molecule has 0 bridgehead atoms. The number of ether oxygens (including phenoxy) is 1. The van der Waals surface area contributed by atoms with E-state index in [1.165, 1.54) is 11.3 Å². The second kappa shape index (κ2) is 5.76. The molecule has 0 aromatic carbocycles. The molecule has 0 spiro atoms. The van der Waals surface area contributed by atoms with Crippen molar-refractivity contribution in [2.24, 2.45) is 0 Å². The number of fused-ring (bicyclic) bond motifs is 1. The van der Waals surface area contributed by atoms with Crippen LogP contribution < -0.4 is 5.32 Å². The minimum Gasteiger partial charge on any atom is -0.368 e. The molecule has 3 rings (SSSR count). The van der Waals surface area contributed by atoms with Crippen LogP contribution in [0.1, 0.15) is 55.6 Å². The molecule has 1 N–H and O–H groups in total. The average Bonchev–Trinajstić information content (AvgIpc) is 2.94. The predicted molar refractivity (Wildman–Crippen MR) is 77.5 cm³/mol. The molecule has 1 atom stereocenters. The Bertz CT molecular complexity index is 489. The summed E-state index contributed by atoms with van der Waals surface area (Å²) in [7, 11) is 0. The molecule has 2 aliphatic heterocycles. The van der Waals surface area contributed by atoms with Gasteiger partial charge in [-0.3, -0.25) is 4.90 Å². The van der Waals surface area contributed by atoms with Gasteiger partial charge in [-0.1, -0.05) is 20.8 Å². The van der Waals surface area contributed by atoms with E-state index in [1.807, 2.05) is 0 Å². The molecule has 1 unspecified atom stereocenters. The normalized spacial score (nSPS) is 23.3. The molecular weight excluding hydrogens is 252 g/mol. The van der Waals surface area contributed by atoms with Gasteiger partial charge in [-0.2, -0.15) is 0 Å². The van der Waals surface area contributed by atoms with Gasteiger partial charge in [0.1, 0.15) is 6.10 Å². The molecule has 1 fully saturated rings. The number of likely N-dealkylation sites (N-methyl/N-ethyl adjacent to an activating group) is 1. The molecule has 0 radical (unpaired) electrons. The molecule has 0 saturated carbocycles. The zero-order valence-electron chi connectivity index (χ0n) is 12.6. The zero-order chi connectivity index (χ0) is 14.1. The third-order valence-corrected chi connectivity index (χ3v) is 4.17. The highest BCUT2D eigenvalue weighted by molar-refractivity contribution is 5.31. The number of morpholine rings is 1. The van der Waals surface area contributed by atoms with E-state index in [1.54, 1.807) is 0 Å². The Hall–Kier alpha value is -1.04. The second-order valence-corrected chi connectivity index (χ2v) is 5.90. The van der Waals surface area contributed by atoms with Crippen LogP contribution in [0.4, 0.5) is 0 Å². The summed E-state index contributed by atoms with van der Waals surface area (Å²) in [5.41, 5.74) is 3.65. The number of aromatic nitrogens is 2. The van der Waals surface area contributed by atoms with Gasteiger partial charge in [0.05, 0.1) is 18.0 Å². The van der Waals surface area contributed by atoms with Gasteiger partial charge in [0.2, 0.25) is 0 Å². The first-order chi connectivity index (χ1) is 9.69. The molecule has 20 heavy (non-hydrogen) atoms. The van der Waals surface area contributed by atoms with Crippen LogP contribution in [0.5, 0.6) is 0 Å². The first-order valence-electron chi connectivity index (χ1n) is 7.63. The summed E-state index contributed by atoms with van der Waals surface area (Å²) < 4.78 is 5.90. The van der Waals surface area contributed by atoms with Crippen molar-refractivity contribution in [3.05, 3.63) is 22.8 Å². The minimum absolute atomic E-state index is 0.0205. The maximum absolute atomic E-state index is 5.90. The molecular formula is C15H24N4O. The van der Waals surface area contributed by atoms with Crippen molar-refractivity contribution in [1.29, 1.82) is 0 Å². The highest BCUT2D eigenvalue weighted by Gasteiger charge is 2.27. The summed E-state index contributed by atoms with van der Waals surface area (Å²) in [6.45, 7) is 12.1. The van der Waals surface area contributed by atoms with Gasteiger partial charge in [-0.05, 0) is 12.5 Å². The maximum Gasteiger partial charge on any atom is 0.159 e. The molecule has 0 amide bonds. The Labute approximate surface area is 120 Å². The Kier molecular flexibility index (Phi) is 4.01. The monoisotopic (exact) mass is 276 g/mol. The van der Waals surface area contributed by atoms with Crippen LogP contribution >= 0.6 is 0 Å². The quantitative estimate of drug-likeness (QED) is 0.908. The van der Waals surface area contributed by atoms with Gasteiger partial charge in [0, 0.05) is 31.7 Å². The van der Waals surface area contributed by atoms with Crippen molar-refractivity contribution < 1.29 is 4.74 Å². The van der Waals surface area contributed by atoms with E-state index in [9.17, 15) is 0 Å². The van der Waals surface area contributed by atoms with Crippen molar-refractivity contribution in [3.8, 4) is 0 Å². The first kappa shape index (κ1) is 13.9. The number of nitrogens with zero attached hydrogens (tertiary/aromatic N) is 3. The van der Waals surface area contributed by atoms with Crippen LogP contribution in [0.2, 0.25) is 0 Å². The van der Waals surface area contributed by atoms with Crippen LogP contribution in [0.3, 0.4) is 0 Å². The highest BCUT2D eigenvalue weighted by Crippen LogP contribution is 2.27. The van der Waals surface area contributed by atoms with Crippen LogP contribution in [-0.4, -0.2) is 41.1 Å². The van der Waals surface area contributed by atoms with Crippen molar-refractivity contribution in [3.63, 3.8) is 0 Å². The highest BCUT2D eigenvalue weighted by atomic mass is 16.5. The molecule has 1 aromatic heterocycles. The van der Waals surface area contributed by atoms with Crippen LogP contribution in [0.15, 0.2) is 0 Å². The number of nitrogens with one attached hydrogen (secondary N) is 1. The van der Waals surface area contributed by atoms with Crippen molar-refractivity contribution in [2.45, 2.75) is 45.9 Å². The Morgan fingerprint density at radius 3 is 2.95 bits per heavy atom. The molecule has 110 valence electrons. The fraction of sp³-hybridized carbons (Fsp3) is 0.733. The molecule has 0 aliphatic carbocycles. The summed E-state index contributed by atoms with van der Waals surface area (Å²) in [5.74, 6) is 1.30. The Balaban J connectivity index is 1.92. The summed E-state index contributed by atoms with van der Waals surface area (Å²) in [6.07, 6.45) is 0.0205. The lowest BCUT2D eigenvalue weighted by molar-refractivity contribution is -0.0327. The lowest BCUT2D eigenvalue weighted by Crippen LogP contribution is -2.38. The Morgan fingerprint density at radius 2 is 2.20 bits per heavy atom. The smallest absolute Gasteiger partial charge is 0.159 e. The van der Waals surface area contributed by atoms with Crippen LogP contribution in [0.25, 0.3) is 0 Å². The summed E-state index contributed by atoms with van der Waals surface area (Å²) in [4.78, 5) is 12.0. The van der Waals surface area contributed by atoms with Crippen molar-refractivity contribution in [2.75, 3.05) is 26.2 Å². The van der Waals surface area contributed by atoms with E-state index in [0.29, 0.717) is 5.92 Å². The zero-order valence-corrected chi connectivity index (χ0v) is 12.6. The third-order valence-electron chi connectivity index (χ3n) is 4.17. The first-order valence-corrected chi connectivity index (χ1v) is 7.63. The van der Waals surface area contributed by atoms with Gasteiger partial charge in [-0.25, -0.2) is 9.97 Å². The molecule has 1 saturated heterocycles. The van der Waals surface area contributed by atoms with Crippen molar-refractivity contribution >= 4 is 0 Å². The SMILES string of the molecule is CCN1CCOC(c2nc3c(c(C(C)C)n2)CNC3)C1. The van der Waals surface area contributed by atoms with Gasteiger partial charge in [0.25, 0.3) is 0 Å². The van der Waals surface area contributed by atoms with Gasteiger partial charge in [-0.15, -0.1) is 0 Å². The van der Waals surface area contributed by atoms with E-state index >= 15 is 0 Å². The molecule has 5 nitrogen and oxygen atoms in total. The summed E-state index contributed by atoms with van der Waals surface area (Å²) in [5, 5.41) is 3.38. The number of rotatable bonds is 3. The van der Waals surface area contributed by atoms with E-state index in [-0.39, 0.29) is 6.10 Å². The standard InChI is InChI=1S/C15H24N4O/c1-4-19-5-6-20-13(9-19)15-17-12-8-16-7-11(12)14(18-15)10(2)3/h10,13,16H,4-9H2,1-3H3. The molecule has 2 aliphatic rings. The lowest BCUT2D eigenvalue weighted by atomic mass is 10.0. The van der Waals surface area contributed by atoms with Crippen molar-refractivity contribution in [1.82, 2.24) is 20.2 Å². The average molecular weight is 276 g/mol. The van der Waals surface area contributed by atoms with E-state index < -0.39 is 0 Å².